The summed E-state index contributed by atoms with van der Waals surface area (Å²) in [7, 11) is 1.67. The fraction of sp³-hybridized carbons (Fsp3) is 0.562. The van der Waals surface area contributed by atoms with Gasteiger partial charge >= 0.3 is 0 Å². The summed E-state index contributed by atoms with van der Waals surface area (Å²) in [5.74, 6) is 1.82. The van der Waals surface area contributed by atoms with Crippen molar-refractivity contribution in [1.82, 2.24) is 20.0 Å². The third-order valence-corrected chi connectivity index (χ3v) is 9.75. The van der Waals surface area contributed by atoms with Gasteiger partial charge in [-0.2, -0.15) is 0 Å². The molecule has 2 aromatic carbocycles. The van der Waals surface area contributed by atoms with Crippen LogP contribution in [0.1, 0.15) is 36.3 Å². The van der Waals surface area contributed by atoms with E-state index in [0.29, 0.717) is 38.8 Å². The van der Waals surface area contributed by atoms with Crippen molar-refractivity contribution in [2.75, 3.05) is 66.1 Å². The molecule has 214 valence electrons. The molecule has 8 heteroatoms. The highest BCUT2D eigenvalue weighted by atomic mass is 16.5. The number of amides is 2. The minimum atomic E-state index is -0.303. The number of morpholine rings is 1. The molecule has 4 saturated heterocycles. The quantitative estimate of drug-likeness (QED) is 0.576. The van der Waals surface area contributed by atoms with Crippen LogP contribution in [0.5, 0.6) is 5.75 Å². The van der Waals surface area contributed by atoms with Crippen molar-refractivity contribution in [1.29, 1.82) is 0 Å². The van der Waals surface area contributed by atoms with E-state index in [9.17, 15) is 9.59 Å². The second-order valence-corrected chi connectivity index (χ2v) is 11.9. The first-order valence-corrected chi connectivity index (χ1v) is 14.9. The molecule has 1 unspecified atom stereocenters. The molecule has 1 spiro atoms. The lowest BCUT2D eigenvalue weighted by atomic mass is 9.75. The SMILES string of the molecule is COc1ccc(CN2CCC3(CCN(C(C(=O)N4CCOCC4)[C@@H]4CNC[C@@H]4c4ccccc4)CC3)C2=O)cc1. The number of carbonyl (C=O) groups excluding carboxylic acids is 2. The number of piperidine rings is 1. The van der Waals surface area contributed by atoms with E-state index < -0.39 is 0 Å². The van der Waals surface area contributed by atoms with Crippen LogP contribution in [0.4, 0.5) is 0 Å². The van der Waals surface area contributed by atoms with Crippen molar-refractivity contribution in [3.8, 4) is 5.75 Å². The Kier molecular flexibility index (Phi) is 8.10. The molecule has 2 aromatic rings. The number of methoxy groups -OCH3 is 1. The van der Waals surface area contributed by atoms with Gasteiger partial charge in [0.1, 0.15) is 5.75 Å². The van der Waals surface area contributed by atoms with Gasteiger partial charge in [0.15, 0.2) is 0 Å². The lowest BCUT2D eigenvalue weighted by molar-refractivity contribution is -0.146. The molecule has 4 aliphatic rings. The zero-order valence-corrected chi connectivity index (χ0v) is 23.6. The van der Waals surface area contributed by atoms with Crippen LogP contribution < -0.4 is 10.1 Å². The van der Waals surface area contributed by atoms with E-state index in [1.165, 1.54) is 5.56 Å². The van der Waals surface area contributed by atoms with Crippen LogP contribution in [0.25, 0.3) is 0 Å². The van der Waals surface area contributed by atoms with Crippen LogP contribution >= 0.6 is 0 Å². The molecule has 4 fully saturated rings. The van der Waals surface area contributed by atoms with Crippen LogP contribution in [0, 0.1) is 11.3 Å². The van der Waals surface area contributed by atoms with Gasteiger partial charge in [-0.15, -0.1) is 0 Å². The highest BCUT2D eigenvalue weighted by molar-refractivity contribution is 5.85. The fourth-order valence-electron chi connectivity index (χ4n) is 7.37. The molecule has 0 aliphatic carbocycles. The monoisotopic (exact) mass is 546 g/mol. The number of hydrogen-bond donors (Lipinski definition) is 1. The van der Waals surface area contributed by atoms with Gasteiger partial charge in [-0.25, -0.2) is 0 Å². The Morgan fingerprint density at radius 2 is 1.68 bits per heavy atom. The van der Waals surface area contributed by atoms with E-state index in [0.717, 1.165) is 63.3 Å². The Labute approximate surface area is 237 Å². The number of likely N-dealkylation sites (tertiary alicyclic amines) is 2. The van der Waals surface area contributed by atoms with E-state index in [1.54, 1.807) is 7.11 Å². The molecule has 4 aliphatic heterocycles. The normalized spacial score (nSPS) is 25.9. The topological polar surface area (TPSA) is 74.3 Å². The Balaban J connectivity index is 1.17. The molecule has 0 bridgehead atoms. The third kappa shape index (κ3) is 5.37. The summed E-state index contributed by atoms with van der Waals surface area (Å²) in [5.41, 5.74) is 2.12. The zero-order valence-electron chi connectivity index (χ0n) is 23.6. The first kappa shape index (κ1) is 27.2. The van der Waals surface area contributed by atoms with Gasteiger partial charge in [-0.3, -0.25) is 14.5 Å². The first-order chi connectivity index (χ1) is 19.6. The van der Waals surface area contributed by atoms with Gasteiger partial charge < -0.3 is 24.6 Å². The molecule has 3 atom stereocenters. The van der Waals surface area contributed by atoms with Crippen molar-refractivity contribution >= 4 is 11.8 Å². The van der Waals surface area contributed by atoms with Crippen molar-refractivity contribution < 1.29 is 19.1 Å². The standard InChI is InChI=1S/C32H42N4O4/c1-39-26-9-7-24(8-10-26)23-36-16-13-32(31(36)38)11-14-34(15-12-32)29(30(37)35-17-19-40-20-18-35)28-22-33-21-27(28)25-5-3-2-4-6-25/h2-10,27-29,33H,11-23H2,1H3/t27-,28-,29?/m1/s1. The Morgan fingerprint density at radius 1 is 0.975 bits per heavy atom. The summed E-state index contributed by atoms with van der Waals surface area (Å²) in [4.78, 5) is 34.4. The molecular formula is C32H42N4O4. The minimum absolute atomic E-state index is 0.192. The summed E-state index contributed by atoms with van der Waals surface area (Å²) in [6.45, 7) is 7.22. The molecule has 2 amide bonds. The maximum atomic E-state index is 14.2. The van der Waals surface area contributed by atoms with Crippen LogP contribution in [-0.4, -0.2) is 98.7 Å². The summed E-state index contributed by atoms with van der Waals surface area (Å²) < 4.78 is 10.8. The second kappa shape index (κ2) is 11.9. The Bertz CT molecular complexity index is 1160. The molecule has 0 radical (unpaired) electrons. The van der Waals surface area contributed by atoms with Gasteiger partial charge in [-0.05, 0) is 55.6 Å². The van der Waals surface area contributed by atoms with Gasteiger partial charge in [-0.1, -0.05) is 42.5 Å². The van der Waals surface area contributed by atoms with Gasteiger partial charge in [0.05, 0.1) is 31.8 Å². The first-order valence-electron chi connectivity index (χ1n) is 14.9. The van der Waals surface area contributed by atoms with E-state index in [1.807, 2.05) is 34.1 Å². The molecule has 6 rings (SSSR count). The predicted molar refractivity (Wildman–Crippen MR) is 153 cm³/mol. The third-order valence-electron chi connectivity index (χ3n) is 9.75. The van der Waals surface area contributed by atoms with Gasteiger partial charge in [0.2, 0.25) is 11.8 Å². The van der Waals surface area contributed by atoms with Crippen LogP contribution in [0.3, 0.4) is 0 Å². The lowest BCUT2D eigenvalue weighted by Crippen LogP contribution is -2.58. The van der Waals surface area contributed by atoms with Crippen molar-refractivity contribution in [3.05, 3.63) is 65.7 Å². The van der Waals surface area contributed by atoms with Crippen LogP contribution in [0.15, 0.2) is 54.6 Å². The average molecular weight is 547 g/mol. The maximum absolute atomic E-state index is 14.2. The van der Waals surface area contributed by atoms with E-state index in [4.69, 9.17) is 9.47 Å². The zero-order chi connectivity index (χ0) is 27.5. The molecular weight excluding hydrogens is 504 g/mol. The minimum Gasteiger partial charge on any atom is -0.497 e. The molecule has 1 N–H and O–H groups in total. The van der Waals surface area contributed by atoms with E-state index >= 15 is 0 Å². The van der Waals surface area contributed by atoms with E-state index in [-0.39, 0.29) is 29.2 Å². The number of nitrogens with one attached hydrogen (secondary N) is 1. The summed E-state index contributed by atoms with van der Waals surface area (Å²) in [5, 5.41) is 3.60. The average Bonchev–Trinajstić information content (AvgIpc) is 3.61. The molecule has 8 nitrogen and oxygen atoms in total. The van der Waals surface area contributed by atoms with Crippen LogP contribution in [-0.2, 0) is 20.9 Å². The number of carbonyl (C=O) groups is 2. The highest BCUT2D eigenvalue weighted by Crippen LogP contribution is 2.44. The lowest BCUT2D eigenvalue weighted by Gasteiger charge is -2.45. The van der Waals surface area contributed by atoms with Crippen molar-refractivity contribution in [2.45, 2.75) is 37.8 Å². The van der Waals surface area contributed by atoms with Gasteiger partial charge in [0.25, 0.3) is 0 Å². The molecule has 4 heterocycles. The Morgan fingerprint density at radius 3 is 2.38 bits per heavy atom. The smallest absolute Gasteiger partial charge is 0.240 e. The number of hydrogen-bond acceptors (Lipinski definition) is 6. The number of ether oxygens (including phenoxy) is 2. The number of benzene rings is 2. The van der Waals surface area contributed by atoms with Crippen molar-refractivity contribution in [2.24, 2.45) is 11.3 Å². The second-order valence-electron chi connectivity index (χ2n) is 11.9. The predicted octanol–water partition coefficient (Wildman–Crippen LogP) is 2.74. The number of nitrogens with zero attached hydrogens (tertiary/aromatic N) is 3. The molecule has 40 heavy (non-hydrogen) atoms. The fourth-order valence-corrected chi connectivity index (χ4v) is 7.37. The van der Waals surface area contributed by atoms with Gasteiger partial charge in [0, 0.05) is 51.1 Å². The van der Waals surface area contributed by atoms with Crippen LogP contribution in [0.2, 0.25) is 0 Å². The highest BCUT2D eigenvalue weighted by Gasteiger charge is 2.51. The summed E-state index contributed by atoms with van der Waals surface area (Å²) >= 11 is 0. The number of rotatable bonds is 7. The summed E-state index contributed by atoms with van der Waals surface area (Å²) in [6, 6.07) is 18.4. The molecule has 0 aromatic heterocycles. The Hall–Kier alpha value is -2.94. The maximum Gasteiger partial charge on any atom is 0.240 e. The van der Waals surface area contributed by atoms with E-state index in [2.05, 4.69) is 40.5 Å². The summed E-state index contributed by atoms with van der Waals surface area (Å²) in [6.07, 6.45) is 2.53. The van der Waals surface area contributed by atoms with Crippen molar-refractivity contribution in [3.63, 3.8) is 0 Å². The largest absolute Gasteiger partial charge is 0.497 e. The molecule has 0 saturated carbocycles.